The smallest absolute Gasteiger partial charge is 0.258 e. The summed E-state index contributed by atoms with van der Waals surface area (Å²) in [7, 11) is -1.34. The first-order valence-electron chi connectivity index (χ1n) is 11.2. The van der Waals surface area contributed by atoms with Gasteiger partial charge >= 0.3 is 0 Å². The largest absolute Gasteiger partial charge is 0.329 e. The minimum atomic E-state index is -3.29. The van der Waals surface area contributed by atoms with E-state index in [4.69, 9.17) is 16.6 Å². The van der Waals surface area contributed by atoms with Crippen LogP contribution < -0.4 is 4.90 Å². The molecule has 0 saturated carbocycles. The summed E-state index contributed by atoms with van der Waals surface area (Å²) in [5.74, 6) is 1.36. The molecule has 9 heteroatoms. The van der Waals surface area contributed by atoms with Crippen molar-refractivity contribution in [1.82, 2.24) is 19.6 Å². The van der Waals surface area contributed by atoms with E-state index < -0.39 is 9.84 Å². The average Bonchev–Trinajstić information content (AvgIpc) is 3.23. The summed E-state index contributed by atoms with van der Waals surface area (Å²) < 4.78 is 26.8. The Morgan fingerprint density at radius 2 is 1.69 bits per heavy atom. The molecule has 2 aromatic heterocycles. The molecule has 178 valence electrons. The number of fused-ring (bicyclic) bond motifs is 3. The maximum atomic E-state index is 12.6. The molecule has 0 atom stereocenters. The molecule has 7 nitrogen and oxygen atoms in total. The fourth-order valence-electron chi connectivity index (χ4n) is 4.21. The molecule has 5 aromatic rings. The molecule has 0 bridgehead atoms. The molecular formula is C26H24ClN5O2S. The Morgan fingerprint density at radius 3 is 2.43 bits per heavy atom. The molecule has 5 rings (SSSR count). The van der Waals surface area contributed by atoms with E-state index >= 15 is 0 Å². The summed E-state index contributed by atoms with van der Waals surface area (Å²) >= 11 is 6.25. The number of aromatic nitrogens is 4. The van der Waals surface area contributed by atoms with Crippen molar-refractivity contribution in [1.29, 1.82) is 0 Å². The summed E-state index contributed by atoms with van der Waals surface area (Å²) in [5, 5.41) is 9.25. The molecule has 0 aliphatic rings. The van der Waals surface area contributed by atoms with E-state index in [9.17, 15) is 8.42 Å². The van der Waals surface area contributed by atoms with Gasteiger partial charge in [-0.05, 0) is 65.0 Å². The quantitative estimate of drug-likeness (QED) is 0.290. The van der Waals surface area contributed by atoms with E-state index in [0.717, 1.165) is 33.5 Å². The Hall–Kier alpha value is -3.49. The third-order valence-corrected chi connectivity index (χ3v) is 8.19. The van der Waals surface area contributed by atoms with Gasteiger partial charge in [-0.25, -0.2) is 12.8 Å². The number of hydrogen-bond acceptors (Lipinski definition) is 6. The SMILES string of the molecule is CC(C)CS(=O)(=O)c1ccc(-c2cccc(N(C)c3nc4nnc(Cl)n4c4ccccc34)c2)cc1. The van der Waals surface area contributed by atoms with Gasteiger partial charge in [-0.3, -0.25) is 0 Å². The second-order valence-corrected chi connectivity index (χ2v) is 11.2. The van der Waals surface area contributed by atoms with E-state index in [1.807, 2.05) is 80.4 Å². The molecule has 0 aliphatic heterocycles. The first-order valence-corrected chi connectivity index (χ1v) is 13.2. The highest BCUT2D eigenvalue weighted by molar-refractivity contribution is 7.91. The summed E-state index contributed by atoms with van der Waals surface area (Å²) in [6.07, 6.45) is 0. The van der Waals surface area contributed by atoms with Crippen LogP contribution in [0.3, 0.4) is 0 Å². The summed E-state index contributed by atoms with van der Waals surface area (Å²) in [4.78, 5) is 7.07. The van der Waals surface area contributed by atoms with Crippen LogP contribution in [0.15, 0.2) is 77.7 Å². The lowest BCUT2D eigenvalue weighted by atomic mass is 10.0. The van der Waals surface area contributed by atoms with Crippen molar-refractivity contribution in [2.45, 2.75) is 18.7 Å². The number of benzene rings is 3. The van der Waals surface area contributed by atoms with E-state index in [1.54, 1.807) is 16.5 Å². The van der Waals surface area contributed by atoms with Gasteiger partial charge in [0.25, 0.3) is 5.78 Å². The van der Waals surface area contributed by atoms with Crippen molar-refractivity contribution < 1.29 is 8.42 Å². The van der Waals surface area contributed by atoms with Gasteiger partial charge in [-0.1, -0.05) is 50.2 Å². The van der Waals surface area contributed by atoms with Gasteiger partial charge < -0.3 is 4.90 Å². The number of anilines is 2. The van der Waals surface area contributed by atoms with Gasteiger partial charge in [0, 0.05) is 18.1 Å². The van der Waals surface area contributed by atoms with E-state index in [2.05, 4.69) is 16.3 Å². The highest BCUT2D eigenvalue weighted by Crippen LogP contribution is 2.33. The highest BCUT2D eigenvalue weighted by Gasteiger charge is 2.18. The molecule has 0 saturated heterocycles. The zero-order valence-electron chi connectivity index (χ0n) is 19.6. The fourth-order valence-corrected chi connectivity index (χ4v) is 6.04. The number of hydrogen-bond donors (Lipinski definition) is 0. The number of halogens is 1. The van der Waals surface area contributed by atoms with Crippen molar-refractivity contribution in [3.8, 4) is 11.1 Å². The second kappa shape index (κ2) is 8.94. The van der Waals surface area contributed by atoms with E-state index in [0.29, 0.717) is 10.7 Å². The lowest BCUT2D eigenvalue weighted by molar-refractivity contribution is 0.582. The van der Waals surface area contributed by atoms with E-state index in [-0.39, 0.29) is 17.0 Å². The van der Waals surface area contributed by atoms with Crippen LogP contribution in [0.1, 0.15) is 13.8 Å². The highest BCUT2D eigenvalue weighted by atomic mass is 35.5. The Labute approximate surface area is 208 Å². The van der Waals surface area contributed by atoms with Gasteiger partial charge in [0.15, 0.2) is 9.84 Å². The van der Waals surface area contributed by atoms with Crippen LogP contribution in [0.25, 0.3) is 27.8 Å². The number of para-hydroxylation sites is 1. The monoisotopic (exact) mass is 505 g/mol. The molecule has 0 amide bonds. The fraction of sp³-hybridized carbons (Fsp3) is 0.192. The van der Waals surface area contributed by atoms with Crippen molar-refractivity contribution in [3.63, 3.8) is 0 Å². The maximum absolute atomic E-state index is 12.6. The number of nitrogens with zero attached hydrogens (tertiary/aromatic N) is 5. The second-order valence-electron chi connectivity index (χ2n) is 8.87. The summed E-state index contributed by atoms with van der Waals surface area (Å²) in [6.45, 7) is 3.81. The normalized spacial score (nSPS) is 12.0. The predicted molar refractivity (Wildman–Crippen MR) is 140 cm³/mol. The van der Waals surface area contributed by atoms with Gasteiger partial charge in [0.2, 0.25) is 5.28 Å². The molecule has 0 radical (unpaired) electrons. The topological polar surface area (TPSA) is 80.5 Å². The first-order chi connectivity index (χ1) is 16.7. The third-order valence-electron chi connectivity index (χ3n) is 5.85. The standard InChI is InChI=1S/C26H24ClN5O2S/c1-17(2)16-35(33,34)21-13-11-18(12-14-21)19-7-6-8-20(15-19)31(3)24-22-9-4-5-10-23(22)32-25(27)29-30-26(32)28-24/h4-15,17H,16H2,1-3H3. The van der Waals surface area contributed by atoms with Crippen LogP contribution in [-0.2, 0) is 9.84 Å². The molecule has 3 aromatic carbocycles. The van der Waals surface area contributed by atoms with Gasteiger partial charge in [0.1, 0.15) is 5.82 Å². The Balaban J connectivity index is 1.53. The summed E-state index contributed by atoms with van der Waals surface area (Å²) in [6, 6.07) is 22.9. The zero-order valence-corrected chi connectivity index (χ0v) is 21.1. The Morgan fingerprint density at radius 1 is 0.943 bits per heavy atom. The minimum absolute atomic E-state index is 0.0737. The lowest BCUT2D eigenvalue weighted by Gasteiger charge is -2.21. The molecule has 0 fully saturated rings. The van der Waals surface area contributed by atoms with Crippen molar-refractivity contribution in [3.05, 3.63) is 78.1 Å². The first kappa shape index (κ1) is 23.3. The van der Waals surface area contributed by atoms with Gasteiger partial charge in [-0.15, -0.1) is 10.2 Å². The zero-order chi connectivity index (χ0) is 24.7. The van der Waals surface area contributed by atoms with E-state index in [1.165, 1.54) is 0 Å². The van der Waals surface area contributed by atoms with Crippen LogP contribution in [0, 0.1) is 5.92 Å². The molecule has 0 N–H and O–H groups in total. The number of sulfone groups is 1. The Bertz CT molecular complexity index is 1650. The molecule has 35 heavy (non-hydrogen) atoms. The van der Waals surface area contributed by atoms with Gasteiger partial charge in [-0.2, -0.15) is 4.98 Å². The van der Waals surface area contributed by atoms with Crippen molar-refractivity contribution >= 4 is 49.6 Å². The van der Waals surface area contributed by atoms with Crippen molar-refractivity contribution in [2.75, 3.05) is 17.7 Å². The van der Waals surface area contributed by atoms with Crippen LogP contribution in [-0.4, -0.2) is 40.8 Å². The lowest BCUT2D eigenvalue weighted by Crippen LogP contribution is -2.13. The van der Waals surface area contributed by atoms with Crippen LogP contribution in [0.5, 0.6) is 0 Å². The maximum Gasteiger partial charge on any atom is 0.258 e. The molecule has 2 heterocycles. The summed E-state index contributed by atoms with van der Waals surface area (Å²) in [5.41, 5.74) is 3.69. The predicted octanol–water partition coefficient (Wildman–Crippen LogP) is 5.80. The van der Waals surface area contributed by atoms with Crippen molar-refractivity contribution in [2.24, 2.45) is 5.92 Å². The third kappa shape index (κ3) is 4.35. The molecular weight excluding hydrogens is 482 g/mol. The molecule has 0 unspecified atom stereocenters. The average molecular weight is 506 g/mol. The minimum Gasteiger partial charge on any atom is -0.329 e. The van der Waals surface area contributed by atoms with Crippen LogP contribution in [0.2, 0.25) is 5.28 Å². The van der Waals surface area contributed by atoms with Crippen LogP contribution in [0.4, 0.5) is 11.5 Å². The van der Waals surface area contributed by atoms with Crippen LogP contribution >= 0.6 is 11.6 Å². The number of rotatable bonds is 6. The van der Waals surface area contributed by atoms with Gasteiger partial charge in [0.05, 0.1) is 16.2 Å². The molecule has 0 aliphatic carbocycles. The molecule has 0 spiro atoms. The Kier molecular flexibility index (Phi) is 5.94.